The standard InChI is InChI=1S/C20H22F3N3O.2ClH/c1-19(14-24-18(27)20(21,22)23)15-25(16-8-4-2-5-9-16)12-13-26(19)17-10-6-3-7-11-17;;/h2-11H,12-15H2,1H3,(H,24,27);2*1H. The van der Waals surface area contributed by atoms with E-state index in [1.165, 1.54) is 0 Å². The third-order valence-corrected chi connectivity index (χ3v) is 4.85. The molecule has 3 rings (SSSR count). The van der Waals surface area contributed by atoms with Gasteiger partial charge in [0.25, 0.3) is 0 Å². The summed E-state index contributed by atoms with van der Waals surface area (Å²) in [7, 11) is 0. The van der Waals surface area contributed by atoms with Crippen molar-refractivity contribution in [2.45, 2.75) is 18.6 Å². The molecule has 29 heavy (non-hydrogen) atoms. The molecule has 1 aliphatic rings. The molecule has 9 heteroatoms. The van der Waals surface area contributed by atoms with Crippen LogP contribution in [0.5, 0.6) is 0 Å². The van der Waals surface area contributed by atoms with Gasteiger partial charge in [-0.2, -0.15) is 13.2 Å². The van der Waals surface area contributed by atoms with Crippen molar-refractivity contribution in [1.82, 2.24) is 5.32 Å². The summed E-state index contributed by atoms with van der Waals surface area (Å²) in [5, 5.41) is 2.07. The zero-order valence-corrected chi connectivity index (χ0v) is 17.5. The molecule has 1 fully saturated rings. The quantitative estimate of drug-likeness (QED) is 0.755. The van der Waals surface area contributed by atoms with Gasteiger partial charge >= 0.3 is 12.1 Å². The normalized spacial score (nSPS) is 19.0. The van der Waals surface area contributed by atoms with Gasteiger partial charge in [-0.1, -0.05) is 36.4 Å². The van der Waals surface area contributed by atoms with Gasteiger partial charge in [0.05, 0.1) is 5.54 Å². The summed E-state index contributed by atoms with van der Waals surface area (Å²) in [6.07, 6.45) is -4.89. The SMILES string of the molecule is CC1(CNC(=O)C(F)(F)F)CN(c2ccccc2)CCN1c1ccccc1.Cl.Cl. The van der Waals surface area contributed by atoms with Crippen molar-refractivity contribution in [3.8, 4) is 0 Å². The molecule has 1 N–H and O–H groups in total. The molecule has 2 aromatic rings. The van der Waals surface area contributed by atoms with Crippen LogP contribution >= 0.6 is 24.8 Å². The zero-order valence-electron chi connectivity index (χ0n) is 15.9. The fraction of sp³-hybridized carbons (Fsp3) is 0.350. The molecule has 4 nitrogen and oxygen atoms in total. The van der Waals surface area contributed by atoms with Crippen molar-refractivity contribution in [1.29, 1.82) is 0 Å². The first-order chi connectivity index (χ1) is 12.8. The van der Waals surface area contributed by atoms with E-state index in [2.05, 4.69) is 15.1 Å². The molecule has 1 atom stereocenters. The minimum absolute atomic E-state index is 0. The summed E-state index contributed by atoms with van der Waals surface area (Å²) in [4.78, 5) is 15.6. The number of anilines is 2. The van der Waals surface area contributed by atoms with E-state index in [0.717, 1.165) is 17.9 Å². The van der Waals surface area contributed by atoms with Crippen LogP contribution in [0.3, 0.4) is 0 Å². The minimum Gasteiger partial charge on any atom is -0.367 e. The summed E-state index contributed by atoms with van der Waals surface area (Å²) < 4.78 is 38.0. The highest BCUT2D eigenvalue weighted by Gasteiger charge is 2.43. The summed E-state index contributed by atoms with van der Waals surface area (Å²) in [6.45, 7) is 3.64. The topological polar surface area (TPSA) is 35.6 Å². The Bertz CT molecular complexity index is 778. The first-order valence-corrected chi connectivity index (χ1v) is 8.77. The smallest absolute Gasteiger partial charge is 0.367 e. The van der Waals surface area contributed by atoms with Gasteiger partial charge in [-0.3, -0.25) is 4.79 Å². The van der Waals surface area contributed by atoms with Crippen LogP contribution in [-0.2, 0) is 4.79 Å². The summed E-state index contributed by atoms with van der Waals surface area (Å²) in [6, 6.07) is 19.3. The highest BCUT2D eigenvalue weighted by Crippen LogP contribution is 2.30. The number of nitrogens with one attached hydrogen (secondary N) is 1. The molecule has 0 saturated carbocycles. The molecule has 1 amide bonds. The van der Waals surface area contributed by atoms with Gasteiger partial charge in [0.1, 0.15) is 0 Å². The predicted octanol–water partition coefficient (Wildman–Crippen LogP) is 4.29. The molecular formula is C20H24Cl2F3N3O. The van der Waals surface area contributed by atoms with Gasteiger partial charge in [-0.25, -0.2) is 0 Å². The monoisotopic (exact) mass is 449 g/mol. The molecule has 1 unspecified atom stereocenters. The lowest BCUT2D eigenvalue weighted by atomic mass is 9.94. The second-order valence-corrected chi connectivity index (χ2v) is 6.92. The Labute approximate surface area is 180 Å². The number of piperazine rings is 1. The van der Waals surface area contributed by atoms with Crippen LogP contribution in [0.2, 0.25) is 0 Å². The average Bonchev–Trinajstić information content (AvgIpc) is 2.66. The third-order valence-electron chi connectivity index (χ3n) is 4.85. The lowest BCUT2D eigenvalue weighted by molar-refractivity contribution is -0.173. The second kappa shape index (κ2) is 10.1. The molecule has 2 aromatic carbocycles. The number of alkyl halides is 3. The number of carbonyl (C=O) groups excluding carboxylic acids is 1. The van der Waals surface area contributed by atoms with Crippen molar-refractivity contribution in [2.75, 3.05) is 36.0 Å². The minimum atomic E-state index is -4.89. The van der Waals surface area contributed by atoms with Gasteiger partial charge in [-0.15, -0.1) is 24.8 Å². The van der Waals surface area contributed by atoms with Crippen molar-refractivity contribution < 1.29 is 18.0 Å². The van der Waals surface area contributed by atoms with E-state index >= 15 is 0 Å². The first kappa shape index (κ1) is 24.9. The largest absolute Gasteiger partial charge is 0.471 e. The van der Waals surface area contributed by atoms with Crippen molar-refractivity contribution >= 4 is 42.1 Å². The van der Waals surface area contributed by atoms with Crippen LogP contribution in [0.15, 0.2) is 60.7 Å². The fourth-order valence-electron chi connectivity index (χ4n) is 3.50. The molecular weight excluding hydrogens is 426 g/mol. The first-order valence-electron chi connectivity index (χ1n) is 8.77. The fourth-order valence-corrected chi connectivity index (χ4v) is 3.50. The maximum Gasteiger partial charge on any atom is 0.471 e. The molecule has 1 heterocycles. The van der Waals surface area contributed by atoms with Gasteiger partial charge in [0.2, 0.25) is 0 Å². The van der Waals surface area contributed by atoms with E-state index in [0.29, 0.717) is 13.1 Å². The Morgan fingerprint density at radius 3 is 2.00 bits per heavy atom. The number of para-hydroxylation sites is 2. The van der Waals surface area contributed by atoms with E-state index in [1.807, 2.05) is 67.6 Å². The molecule has 160 valence electrons. The van der Waals surface area contributed by atoms with E-state index in [-0.39, 0.29) is 31.4 Å². The number of nitrogens with zero attached hydrogens (tertiary/aromatic N) is 2. The number of hydrogen-bond acceptors (Lipinski definition) is 3. The molecule has 0 aliphatic carbocycles. The van der Waals surface area contributed by atoms with Gasteiger partial charge < -0.3 is 15.1 Å². The maximum atomic E-state index is 12.7. The third kappa shape index (κ3) is 5.93. The predicted molar refractivity (Wildman–Crippen MR) is 114 cm³/mol. The van der Waals surface area contributed by atoms with E-state index in [1.54, 1.807) is 0 Å². The van der Waals surface area contributed by atoms with Gasteiger partial charge in [-0.05, 0) is 31.2 Å². The number of carbonyl (C=O) groups is 1. The maximum absolute atomic E-state index is 12.7. The highest BCUT2D eigenvalue weighted by molar-refractivity contribution is 5.85. The number of halogens is 5. The molecule has 1 aliphatic heterocycles. The lowest BCUT2D eigenvalue weighted by Gasteiger charge is -2.51. The zero-order chi connectivity index (χ0) is 19.5. The lowest BCUT2D eigenvalue weighted by Crippen LogP contribution is -2.66. The van der Waals surface area contributed by atoms with Gasteiger partial charge in [0, 0.05) is 37.6 Å². The van der Waals surface area contributed by atoms with E-state index < -0.39 is 17.6 Å². The Morgan fingerprint density at radius 2 is 1.48 bits per heavy atom. The molecule has 0 aromatic heterocycles. The van der Waals surface area contributed by atoms with Crippen molar-refractivity contribution in [3.05, 3.63) is 60.7 Å². The second-order valence-electron chi connectivity index (χ2n) is 6.92. The number of amides is 1. The van der Waals surface area contributed by atoms with E-state index in [9.17, 15) is 18.0 Å². The molecule has 1 saturated heterocycles. The summed E-state index contributed by atoms with van der Waals surface area (Å²) in [5.74, 6) is -1.91. The van der Waals surface area contributed by atoms with Crippen LogP contribution in [-0.4, -0.2) is 43.8 Å². The van der Waals surface area contributed by atoms with Crippen LogP contribution in [0.25, 0.3) is 0 Å². The Hall–Kier alpha value is -2.12. The van der Waals surface area contributed by atoms with Crippen LogP contribution < -0.4 is 15.1 Å². The highest BCUT2D eigenvalue weighted by atomic mass is 35.5. The van der Waals surface area contributed by atoms with E-state index in [4.69, 9.17) is 0 Å². The Kier molecular flexibility index (Phi) is 8.65. The van der Waals surface area contributed by atoms with Crippen molar-refractivity contribution in [2.24, 2.45) is 0 Å². The van der Waals surface area contributed by atoms with Crippen LogP contribution in [0.4, 0.5) is 24.5 Å². The van der Waals surface area contributed by atoms with Gasteiger partial charge in [0.15, 0.2) is 0 Å². The summed E-state index contributed by atoms with van der Waals surface area (Å²) in [5.41, 5.74) is 1.24. The Morgan fingerprint density at radius 1 is 0.966 bits per heavy atom. The molecule has 0 radical (unpaired) electrons. The molecule has 0 bridgehead atoms. The Balaban J connectivity index is 0.00000210. The average molecular weight is 450 g/mol. The summed E-state index contributed by atoms with van der Waals surface area (Å²) >= 11 is 0. The number of benzene rings is 2. The molecule has 0 spiro atoms. The van der Waals surface area contributed by atoms with Crippen molar-refractivity contribution in [3.63, 3.8) is 0 Å². The number of rotatable bonds is 4. The van der Waals surface area contributed by atoms with Crippen LogP contribution in [0.1, 0.15) is 6.92 Å². The van der Waals surface area contributed by atoms with Crippen LogP contribution in [0, 0.1) is 0 Å². The number of hydrogen-bond donors (Lipinski definition) is 1.